The molecule has 3 N–H and O–H groups in total. The average Bonchev–Trinajstić information content (AvgIpc) is 2.22. The van der Waals surface area contributed by atoms with Gasteiger partial charge in [0.05, 0.1) is 0 Å². The predicted octanol–water partition coefficient (Wildman–Crippen LogP) is 0.879. The van der Waals surface area contributed by atoms with E-state index >= 15 is 0 Å². The fourth-order valence-corrected chi connectivity index (χ4v) is 2.32. The summed E-state index contributed by atoms with van der Waals surface area (Å²) >= 11 is 0. The van der Waals surface area contributed by atoms with Gasteiger partial charge in [0.1, 0.15) is 6.04 Å². The van der Waals surface area contributed by atoms with Crippen molar-refractivity contribution >= 4 is 12.0 Å². The van der Waals surface area contributed by atoms with Crippen molar-refractivity contribution in [1.82, 2.24) is 15.5 Å². The molecule has 0 bridgehead atoms. The number of carbonyl (C=O) groups excluding carboxylic acids is 1. The van der Waals surface area contributed by atoms with Crippen molar-refractivity contribution in [3.8, 4) is 0 Å². The summed E-state index contributed by atoms with van der Waals surface area (Å²) in [6.45, 7) is 4.09. The Morgan fingerprint density at radius 1 is 1.32 bits per heavy atom. The number of urea groups is 1. The van der Waals surface area contributed by atoms with Crippen LogP contribution in [0.3, 0.4) is 0 Å². The van der Waals surface area contributed by atoms with Crippen LogP contribution >= 0.6 is 0 Å². The zero-order valence-electron chi connectivity index (χ0n) is 12.2. The Morgan fingerprint density at radius 3 is 2.21 bits per heavy atom. The topological polar surface area (TPSA) is 81.7 Å². The number of carbonyl (C=O) groups is 2. The minimum absolute atomic E-state index is 0.0356. The van der Waals surface area contributed by atoms with E-state index in [0.717, 1.165) is 12.8 Å². The molecule has 0 unspecified atom stereocenters. The van der Waals surface area contributed by atoms with Crippen LogP contribution in [0, 0.1) is 5.92 Å². The van der Waals surface area contributed by atoms with Crippen LogP contribution in [-0.2, 0) is 4.79 Å². The second-order valence-electron chi connectivity index (χ2n) is 5.86. The van der Waals surface area contributed by atoms with E-state index in [9.17, 15) is 9.59 Å². The number of likely N-dealkylation sites (N-methyl/N-ethyl adjacent to an activating group) is 1. The molecular weight excluding hydrogens is 246 g/mol. The third kappa shape index (κ3) is 3.83. The Balaban J connectivity index is 2.45. The zero-order valence-corrected chi connectivity index (χ0v) is 12.2. The van der Waals surface area contributed by atoms with Gasteiger partial charge in [-0.1, -0.05) is 13.8 Å². The van der Waals surface area contributed by atoms with E-state index in [-0.39, 0.29) is 11.5 Å². The first-order valence-electron chi connectivity index (χ1n) is 6.73. The van der Waals surface area contributed by atoms with Crippen LogP contribution in [0.25, 0.3) is 0 Å². The van der Waals surface area contributed by atoms with Gasteiger partial charge in [-0.05, 0) is 39.3 Å². The molecule has 1 aliphatic carbocycles. The summed E-state index contributed by atoms with van der Waals surface area (Å²) in [5.41, 5.74) is 0.0356. The Kier molecular flexibility index (Phi) is 5.17. The van der Waals surface area contributed by atoms with Crippen molar-refractivity contribution < 1.29 is 14.7 Å². The standard InChI is InChI=1S/C13H25N3O3/c1-9(2)10(11(17)18)15-12(19)14-8-13(16(3)4)6-5-7-13/h9-10H,5-8H2,1-4H3,(H,17,18)(H2,14,15,19)/t10-/m1/s1. The predicted molar refractivity (Wildman–Crippen MR) is 73.1 cm³/mol. The maximum absolute atomic E-state index is 11.8. The Labute approximate surface area is 114 Å². The van der Waals surface area contributed by atoms with Crippen molar-refractivity contribution in [2.24, 2.45) is 5.92 Å². The van der Waals surface area contributed by atoms with Crippen LogP contribution < -0.4 is 10.6 Å². The maximum atomic E-state index is 11.8. The zero-order chi connectivity index (χ0) is 14.6. The number of nitrogens with zero attached hydrogens (tertiary/aromatic N) is 1. The van der Waals surface area contributed by atoms with E-state index in [4.69, 9.17) is 5.11 Å². The lowest BCUT2D eigenvalue weighted by molar-refractivity contribution is -0.140. The molecule has 0 aromatic heterocycles. The summed E-state index contributed by atoms with van der Waals surface area (Å²) < 4.78 is 0. The molecule has 19 heavy (non-hydrogen) atoms. The number of rotatable bonds is 6. The smallest absolute Gasteiger partial charge is 0.326 e. The molecule has 1 aliphatic rings. The van der Waals surface area contributed by atoms with Crippen molar-refractivity contribution in [2.45, 2.75) is 44.7 Å². The van der Waals surface area contributed by atoms with Gasteiger partial charge < -0.3 is 20.6 Å². The lowest BCUT2D eigenvalue weighted by Crippen LogP contribution is -2.59. The van der Waals surface area contributed by atoms with Crippen LogP contribution in [0.5, 0.6) is 0 Å². The van der Waals surface area contributed by atoms with Crippen LogP contribution in [0.2, 0.25) is 0 Å². The summed E-state index contributed by atoms with van der Waals surface area (Å²) in [5, 5.41) is 14.3. The lowest BCUT2D eigenvalue weighted by Gasteiger charge is -2.47. The monoisotopic (exact) mass is 271 g/mol. The van der Waals surface area contributed by atoms with E-state index in [1.165, 1.54) is 6.42 Å². The van der Waals surface area contributed by atoms with Gasteiger partial charge in [-0.25, -0.2) is 9.59 Å². The van der Waals surface area contributed by atoms with Gasteiger partial charge >= 0.3 is 12.0 Å². The highest BCUT2D eigenvalue weighted by atomic mass is 16.4. The molecule has 6 nitrogen and oxygen atoms in total. The fraction of sp³-hybridized carbons (Fsp3) is 0.846. The van der Waals surface area contributed by atoms with E-state index < -0.39 is 18.0 Å². The molecule has 1 rings (SSSR count). The number of amides is 2. The molecule has 0 aromatic carbocycles. The fourth-order valence-electron chi connectivity index (χ4n) is 2.32. The molecule has 2 amide bonds. The molecule has 0 heterocycles. The SMILES string of the molecule is CC(C)[C@@H](NC(=O)NCC1(N(C)C)CCC1)C(=O)O. The minimum atomic E-state index is -1.00. The van der Waals surface area contributed by atoms with Crippen molar-refractivity contribution in [2.75, 3.05) is 20.6 Å². The first-order chi connectivity index (χ1) is 8.78. The highest BCUT2D eigenvalue weighted by molar-refractivity contribution is 5.82. The largest absolute Gasteiger partial charge is 0.480 e. The molecule has 1 fully saturated rings. The third-order valence-electron chi connectivity index (χ3n) is 4.03. The average molecular weight is 271 g/mol. The molecular formula is C13H25N3O3. The van der Waals surface area contributed by atoms with Gasteiger partial charge in [-0.3, -0.25) is 0 Å². The summed E-state index contributed by atoms with van der Waals surface area (Å²) in [6, 6.07) is -1.26. The van der Waals surface area contributed by atoms with E-state index in [0.29, 0.717) is 6.54 Å². The maximum Gasteiger partial charge on any atom is 0.326 e. The van der Waals surface area contributed by atoms with E-state index in [1.807, 2.05) is 14.1 Å². The number of aliphatic carboxylic acids is 1. The number of carboxylic acid groups (broad SMARTS) is 1. The molecule has 0 aliphatic heterocycles. The van der Waals surface area contributed by atoms with Crippen LogP contribution in [-0.4, -0.2) is 54.2 Å². The van der Waals surface area contributed by atoms with E-state index in [2.05, 4.69) is 15.5 Å². The van der Waals surface area contributed by atoms with Crippen molar-refractivity contribution in [3.63, 3.8) is 0 Å². The van der Waals surface area contributed by atoms with E-state index in [1.54, 1.807) is 13.8 Å². The number of hydrogen-bond acceptors (Lipinski definition) is 3. The summed E-state index contributed by atoms with van der Waals surface area (Å²) in [7, 11) is 4.01. The minimum Gasteiger partial charge on any atom is -0.480 e. The van der Waals surface area contributed by atoms with Gasteiger partial charge in [0, 0.05) is 12.1 Å². The molecule has 110 valence electrons. The van der Waals surface area contributed by atoms with Crippen LogP contribution in [0.4, 0.5) is 4.79 Å². The van der Waals surface area contributed by atoms with Crippen LogP contribution in [0.1, 0.15) is 33.1 Å². The Bertz CT molecular complexity index is 338. The molecule has 0 spiro atoms. The molecule has 1 saturated carbocycles. The van der Waals surface area contributed by atoms with Gasteiger partial charge in [0.2, 0.25) is 0 Å². The molecule has 0 radical (unpaired) electrons. The highest BCUT2D eigenvalue weighted by Crippen LogP contribution is 2.35. The summed E-state index contributed by atoms with van der Waals surface area (Å²) in [6.07, 6.45) is 3.30. The molecule has 0 saturated heterocycles. The summed E-state index contributed by atoms with van der Waals surface area (Å²) in [4.78, 5) is 24.9. The molecule has 6 heteroatoms. The third-order valence-corrected chi connectivity index (χ3v) is 4.03. The van der Waals surface area contributed by atoms with Gasteiger partial charge in [0.15, 0.2) is 0 Å². The lowest BCUT2D eigenvalue weighted by atomic mass is 9.75. The van der Waals surface area contributed by atoms with Crippen LogP contribution in [0.15, 0.2) is 0 Å². The Hall–Kier alpha value is -1.30. The summed E-state index contributed by atoms with van der Waals surface area (Å²) in [5.74, 6) is -1.15. The van der Waals surface area contributed by atoms with Crippen molar-refractivity contribution in [1.29, 1.82) is 0 Å². The number of carboxylic acids is 1. The Morgan fingerprint density at radius 2 is 1.89 bits per heavy atom. The highest BCUT2D eigenvalue weighted by Gasteiger charge is 2.39. The molecule has 0 aromatic rings. The van der Waals surface area contributed by atoms with Gasteiger partial charge in [-0.2, -0.15) is 0 Å². The molecule has 1 atom stereocenters. The second-order valence-corrected chi connectivity index (χ2v) is 5.86. The quantitative estimate of drug-likeness (QED) is 0.670. The normalized spacial score (nSPS) is 18.8. The first-order valence-corrected chi connectivity index (χ1v) is 6.73. The number of hydrogen-bond donors (Lipinski definition) is 3. The van der Waals surface area contributed by atoms with Crippen molar-refractivity contribution in [3.05, 3.63) is 0 Å². The number of nitrogens with one attached hydrogen (secondary N) is 2. The van der Waals surface area contributed by atoms with Gasteiger partial charge in [0.25, 0.3) is 0 Å². The first kappa shape index (κ1) is 15.8. The van der Waals surface area contributed by atoms with Gasteiger partial charge in [-0.15, -0.1) is 0 Å². The second kappa shape index (κ2) is 6.23.